The summed E-state index contributed by atoms with van der Waals surface area (Å²) in [7, 11) is 0. The number of alkyl halides is 1. The largest absolute Gasteiger partial charge is 0.465 e. The Morgan fingerprint density at radius 3 is 2.46 bits per heavy atom. The predicted molar refractivity (Wildman–Crippen MR) is 48.9 cm³/mol. The van der Waals surface area contributed by atoms with Gasteiger partial charge in [0.05, 0.1) is 0 Å². The lowest BCUT2D eigenvalue weighted by molar-refractivity contribution is 0.167. The third-order valence-corrected chi connectivity index (χ3v) is 1.31. The zero-order chi connectivity index (χ0) is 10.1. The third-order valence-electron chi connectivity index (χ3n) is 1.08. The van der Waals surface area contributed by atoms with Crippen molar-refractivity contribution in [2.75, 3.05) is 18.6 Å². The van der Waals surface area contributed by atoms with Gasteiger partial charge < -0.3 is 20.5 Å². The summed E-state index contributed by atoms with van der Waals surface area (Å²) in [5.74, 6) is 0. The van der Waals surface area contributed by atoms with Crippen molar-refractivity contribution in [2.45, 2.75) is 6.42 Å². The molecule has 0 bridgehead atoms. The smallest absolute Gasteiger partial charge is 0.407 e. The SMILES string of the molecule is O=C(O)NCCCNC(=O)OCBr. The van der Waals surface area contributed by atoms with Crippen LogP contribution in [0, 0.1) is 0 Å². The second-order valence-electron chi connectivity index (χ2n) is 2.05. The predicted octanol–water partition coefficient (Wildman–Crippen LogP) is 0.723. The van der Waals surface area contributed by atoms with Gasteiger partial charge in [0, 0.05) is 13.1 Å². The van der Waals surface area contributed by atoms with E-state index in [0.29, 0.717) is 19.5 Å². The van der Waals surface area contributed by atoms with Crippen LogP contribution in [0.3, 0.4) is 0 Å². The Balaban J connectivity index is 3.16. The van der Waals surface area contributed by atoms with Crippen LogP contribution < -0.4 is 10.6 Å². The Morgan fingerprint density at radius 2 is 1.92 bits per heavy atom. The van der Waals surface area contributed by atoms with Crippen LogP contribution in [0.1, 0.15) is 6.42 Å². The quantitative estimate of drug-likeness (QED) is 0.499. The van der Waals surface area contributed by atoms with E-state index >= 15 is 0 Å². The first-order valence-corrected chi connectivity index (χ1v) is 4.72. The molecule has 7 heteroatoms. The lowest BCUT2D eigenvalue weighted by atomic mass is 10.4. The van der Waals surface area contributed by atoms with Crippen LogP contribution in [-0.4, -0.2) is 35.9 Å². The van der Waals surface area contributed by atoms with Gasteiger partial charge in [-0.05, 0) is 22.4 Å². The summed E-state index contributed by atoms with van der Waals surface area (Å²) in [6.07, 6.45) is -1.06. The van der Waals surface area contributed by atoms with Gasteiger partial charge in [0.2, 0.25) is 0 Å². The van der Waals surface area contributed by atoms with E-state index in [-0.39, 0.29) is 5.52 Å². The molecule has 0 aromatic heterocycles. The van der Waals surface area contributed by atoms with E-state index in [9.17, 15) is 9.59 Å². The van der Waals surface area contributed by atoms with E-state index in [2.05, 4.69) is 31.3 Å². The number of hydrogen-bond acceptors (Lipinski definition) is 3. The standard InChI is InChI=1S/C6H11BrN2O4/c7-4-13-6(12)9-3-1-2-8-5(10)11/h8H,1-4H2,(H,9,12)(H,10,11). The average molecular weight is 255 g/mol. The van der Waals surface area contributed by atoms with Crippen LogP contribution in [0.25, 0.3) is 0 Å². The van der Waals surface area contributed by atoms with Gasteiger partial charge in [-0.3, -0.25) is 0 Å². The molecule has 76 valence electrons. The normalized spacial score (nSPS) is 9.00. The summed E-state index contributed by atoms with van der Waals surface area (Å²) in [4.78, 5) is 20.6. The molecule has 0 aromatic carbocycles. The van der Waals surface area contributed by atoms with E-state index < -0.39 is 12.2 Å². The zero-order valence-corrected chi connectivity index (χ0v) is 8.46. The maximum absolute atomic E-state index is 10.6. The van der Waals surface area contributed by atoms with Crippen molar-refractivity contribution in [3.63, 3.8) is 0 Å². The van der Waals surface area contributed by atoms with Crippen molar-refractivity contribution >= 4 is 28.1 Å². The van der Waals surface area contributed by atoms with Crippen molar-refractivity contribution in [3.05, 3.63) is 0 Å². The molecule has 6 nitrogen and oxygen atoms in total. The Hall–Kier alpha value is -0.980. The number of carboxylic acid groups (broad SMARTS) is 1. The van der Waals surface area contributed by atoms with Crippen LogP contribution >= 0.6 is 15.9 Å². The molecule has 0 heterocycles. The van der Waals surface area contributed by atoms with Crippen molar-refractivity contribution < 1.29 is 19.4 Å². The molecule has 0 atom stereocenters. The molecule has 3 N–H and O–H groups in total. The van der Waals surface area contributed by atoms with E-state index in [1.54, 1.807) is 0 Å². The summed E-state index contributed by atoms with van der Waals surface area (Å²) >= 11 is 2.92. The number of amides is 2. The number of nitrogens with one attached hydrogen (secondary N) is 2. The molecule has 0 aromatic rings. The summed E-state index contributed by atoms with van der Waals surface area (Å²) in [5, 5.41) is 12.8. The third kappa shape index (κ3) is 8.93. The first kappa shape index (κ1) is 12.0. The molecule has 0 radical (unpaired) electrons. The molecule has 0 fully saturated rings. The first-order chi connectivity index (χ1) is 6.16. The van der Waals surface area contributed by atoms with Crippen molar-refractivity contribution in [1.29, 1.82) is 0 Å². The fourth-order valence-corrected chi connectivity index (χ4v) is 0.783. The average Bonchev–Trinajstić information content (AvgIpc) is 2.03. The molecule has 0 rings (SSSR count). The van der Waals surface area contributed by atoms with Crippen molar-refractivity contribution in [2.24, 2.45) is 0 Å². The Labute approximate surface area is 83.8 Å². The number of ether oxygens (including phenoxy) is 1. The molecule has 0 aliphatic carbocycles. The van der Waals surface area contributed by atoms with Gasteiger partial charge in [-0.15, -0.1) is 0 Å². The van der Waals surface area contributed by atoms with Crippen LogP contribution in [0.4, 0.5) is 9.59 Å². The summed E-state index contributed by atoms with van der Waals surface area (Å²) in [6, 6.07) is 0. The van der Waals surface area contributed by atoms with Gasteiger partial charge in [0.15, 0.2) is 0 Å². The fourth-order valence-electron chi connectivity index (χ4n) is 0.575. The lowest BCUT2D eigenvalue weighted by Gasteiger charge is -2.03. The molecule has 2 amide bonds. The zero-order valence-electron chi connectivity index (χ0n) is 6.88. The van der Waals surface area contributed by atoms with E-state index in [1.807, 2.05) is 0 Å². The number of carbonyl (C=O) groups excluding carboxylic acids is 1. The monoisotopic (exact) mass is 254 g/mol. The molecular formula is C6H11BrN2O4. The number of alkyl carbamates (subject to hydrolysis) is 1. The number of halogens is 1. The minimum atomic E-state index is -1.07. The highest BCUT2D eigenvalue weighted by Crippen LogP contribution is 1.84. The highest BCUT2D eigenvalue weighted by atomic mass is 79.9. The van der Waals surface area contributed by atoms with Gasteiger partial charge in [-0.25, -0.2) is 9.59 Å². The number of carbonyl (C=O) groups is 2. The van der Waals surface area contributed by atoms with Gasteiger partial charge in [0.1, 0.15) is 5.52 Å². The summed E-state index contributed by atoms with van der Waals surface area (Å²) in [6.45, 7) is 0.691. The van der Waals surface area contributed by atoms with Crippen LogP contribution in [-0.2, 0) is 4.74 Å². The van der Waals surface area contributed by atoms with E-state index in [4.69, 9.17) is 5.11 Å². The molecule has 0 aliphatic rings. The van der Waals surface area contributed by atoms with Gasteiger partial charge in [-0.2, -0.15) is 0 Å². The molecule has 0 saturated heterocycles. The van der Waals surface area contributed by atoms with Gasteiger partial charge in [-0.1, -0.05) is 0 Å². The van der Waals surface area contributed by atoms with E-state index in [1.165, 1.54) is 0 Å². The number of hydrogen-bond donors (Lipinski definition) is 3. The minimum absolute atomic E-state index is 0.145. The second kappa shape index (κ2) is 7.66. The lowest BCUT2D eigenvalue weighted by Crippen LogP contribution is -2.29. The van der Waals surface area contributed by atoms with Gasteiger partial charge >= 0.3 is 12.2 Å². The number of rotatable bonds is 5. The highest BCUT2D eigenvalue weighted by molar-refractivity contribution is 9.09. The maximum Gasteiger partial charge on any atom is 0.407 e. The van der Waals surface area contributed by atoms with Crippen molar-refractivity contribution in [3.8, 4) is 0 Å². The summed E-state index contributed by atoms with van der Waals surface area (Å²) < 4.78 is 4.50. The maximum atomic E-state index is 10.6. The molecule has 0 unspecified atom stereocenters. The first-order valence-electron chi connectivity index (χ1n) is 3.60. The summed E-state index contributed by atoms with van der Waals surface area (Å²) in [5.41, 5.74) is 0.145. The fraction of sp³-hybridized carbons (Fsp3) is 0.667. The van der Waals surface area contributed by atoms with Crippen LogP contribution in [0.15, 0.2) is 0 Å². The van der Waals surface area contributed by atoms with E-state index in [0.717, 1.165) is 0 Å². The molecular weight excluding hydrogens is 244 g/mol. The Bertz CT molecular complexity index is 176. The second-order valence-corrected chi connectivity index (χ2v) is 2.51. The van der Waals surface area contributed by atoms with Crippen molar-refractivity contribution in [1.82, 2.24) is 10.6 Å². The molecule has 0 saturated carbocycles. The van der Waals surface area contributed by atoms with Crippen LogP contribution in [0.5, 0.6) is 0 Å². The molecule has 0 spiro atoms. The Morgan fingerprint density at radius 1 is 1.31 bits per heavy atom. The minimum Gasteiger partial charge on any atom is -0.465 e. The Kier molecular flexibility index (Phi) is 7.08. The molecule has 13 heavy (non-hydrogen) atoms. The van der Waals surface area contributed by atoms with Gasteiger partial charge in [0.25, 0.3) is 0 Å². The topological polar surface area (TPSA) is 87.7 Å². The highest BCUT2D eigenvalue weighted by Gasteiger charge is 1.98. The van der Waals surface area contributed by atoms with Crippen LogP contribution in [0.2, 0.25) is 0 Å². The molecule has 0 aliphatic heterocycles.